The normalized spacial score (nSPS) is 17.7. The monoisotopic (exact) mass is 318 g/mol. The van der Waals surface area contributed by atoms with Crippen LogP contribution in [0.4, 0.5) is 0 Å². The Hall–Kier alpha value is -2.04. The summed E-state index contributed by atoms with van der Waals surface area (Å²) in [5.74, 6) is -0.255. The first-order chi connectivity index (χ1) is 10.6. The first kappa shape index (κ1) is 16.3. The second-order valence-corrected chi connectivity index (χ2v) is 7.20. The molecule has 2 rings (SSSR count). The van der Waals surface area contributed by atoms with Crippen LogP contribution in [-0.4, -0.2) is 24.0 Å². The summed E-state index contributed by atoms with van der Waals surface area (Å²) in [7, 11) is -4.07. The maximum Gasteiger partial charge on any atom is 0.451 e. The van der Waals surface area contributed by atoms with Gasteiger partial charge in [0.1, 0.15) is 0 Å². The first-order valence-electron chi connectivity index (χ1n) is 7.26. The zero-order valence-electron chi connectivity index (χ0n) is 12.2. The third kappa shape index (κ3) is 3.78. The fraction of sp³-hybridized carbons (Fsp3) is 0.375. The highest BCUT2D eigenvalue weighted by Gasteiger charge is 2.36. The van der Waals surface area contributed by atoms with Crippen LogP contribution in [-0.2, 0) is 14.6 Å². The van der Waals surface area contributed by atoms with Gasteiger partial charge in [0, 0.05) is 6.42 Å². The summed E-state index contributed by atoms with van der Waals surface area (Å²) in [6.45, 7) is 0. The van der Waals surface area contributed by atoms with Crippen molar-refractivity contribution in [3.63, 3.8) is 0 Å². The zero-order chi connectivity index (χ0) is 16.0. The van der Waals surface area contributed by atoms with Gasteiger partial charge >= 0.3 is 5.04 Å². The van der Waals surface area contributed by atoms with Gasteiger partial charge in [0.25, 0.3) is 15.6 Å². The number of allylic oxidation sites excluding steroid dienone is 2. The van der Waals surface area contributed by atoms with Crippen molar-refractivity contribution in [3.8, 4) is 0 Å². The number of benzene rings is 1. The van der Waals surface area contributed by atoms with Gasteiger partial charge < -0.3 is 5.53 Å². The molecular formula is C16H18N2O3S. The van der Waals surface area contributed by atoms with Gasteiger partial charge in [-0.05, 0) is 43.7 Å². The molecule has 0 aromatic heterocycles. The number of Topliss-reactive ketones (excluding diaryl/α,β-unsaturated/α-hetero) is 1. The molecule has 1 aliphatic carbocycles. The molecule has 0 radical (unpaired) electrons. The highest BCUT2D eigenvalue weighted by molar-refractivity contribution is 8.08. The maximum atomic E-state index is 12.3. The van der Waals surface area contributed by atoms with Gasteiger partial charge in [0.2, 0.25) is 0 Å². The van der Waals surface area contributed by atoms with Crippen molar-refractivity contribution in [2.45, 2.75) is 37.0 Å². The Labute approximate surface area is 130 Å². The van der Waals surface area contributed by atoms with E-state index >= 15 is 0 Å². The van der Waals surface area contributed by atoms with E-state index in [-0.39, 0.29) is 11.3 Å². The van der Waals surface area contributed by atoms with Crippen molar-refractivity contribution < 1.29 is 18.0 Å². The summed E-state index contributed by atoms with van der Waals surface area (Å²) in [4.78, 5) is 14.9. The summed E-state index contributed by atoms with van der Waals surface area (Å²) in [6, 6.07) is 7.54. The van der Waals surface area contributed by atoms with Crippen LogP contribution in [0.15, 0.2) is 47.4 Å². The van der Waals surface area contributed by atoms with Gasteiger partial charge in [-0.15, -0.1) is 4.79 Å². The largest absolute Gasteiger partial charge is 0.451 e. The topological polar surface area (TPSA) is 87.6 Å². The van der Waals surface area contributed by atoms with Crippen LogP contribution in [0.3, 0.4) is 0 Å². The number of carbonyl (C=O) groups is 1. The molecule has 0 heterocycles. The second kappa shape index (κ2) is 7.29. The summed E-state index contributed by atoms with van der Waals surface area (Å²) in [6.07, 6.45) is 7.77. The average molecular weight is 318 g/mol. The molecule has 116 valence electrons. The zero-order valence-corrected chi connectivity index (χ0v) is 13.0. The van der Waals surface area contributed by atoms with Gasteiger partial charge in [-0.2, -0.15) is 0 Å². The van der Waals surface area contributed by atoms with Gasteiger partial charge in [-0.25, -0.2) is 8.42 Å². The van der Waals surface area contributed by atoms with Crippen molar-refractivity contribution in [2.75, 3.05) is 0 Å². The fourth-order valence-corrected chi connectivity index (χ4v) is 3.78. The standard InChI is InChI=1S/C16H18N2O3S/c17-18-16(22(20,21)14-9-5-2-6-10-14)15(19)12-11-13-7-3-1-4-8-13/h1-3,5-6,9-10,13H,4,7-8,11-12H2. The van der Waals surface area contributed by atoms with E-state index in [0.717, 1.165) is 19.3 Å². The minimum absolute atomic E-state index is 0.0447. The van der Waals surface area contributed by atoms with Gasteiger partial charge in [0.15, 0.2) is 0 Å². The third-order valence-corrected chi connectivity index (χ3v) is 5.51. The lowest BCUT2D eigenvalue weighted by molar-refractivity contribution is -0.116. The molecule has 0 fully saturated rings. The molecular weight excluding hydrogens is 300 g/mol. The minimum Gasteiger partial charge on any atom is -0.360 e. The molecule has 6 heteroatoms. The number of carbonyl (C=O) groups excluding carboxylic acids is 1. The highest BCUT2D eigenvalue weighted by atomic mass is 32.2. The Morgan fingerprint density at radius 3 is 2.55 bits per heavy atom. The Bertz CT molecular complexity index is 717. The van der Waals surface area contributed by atoms with Crippen LogP contribution in [0.1, 0.15) is 32.1 Å². The molecule has 1 atom stereocenters. The Balaban J connectivity index is 2.09. The van der Waals surface area contributed by atoms with Crippen molar-refractivity contribution in [1.82, 2.24) is 0 Å². The fourth-order valence-electron chi connectivity index (χ4n) is 2.53. The van der Waals surface area contributed by atoms with E-state index in [1.807, 2.05) is 0 Å². The lowest BCUT2D eigenvalue weighted by Gasteiger charge is -2.16. The van der Waals surface area contributed by atoms with Crippen molar-refractivity contribution in [1.29, 1.82) is 0 Å². The number of sulfone groups is 1. The van der Waals surface area contributed by atoms with Crippen molar-refractivity contribution >= 4 is 20.7 Å². The summed E-state index contributed by atoms with van der Waals surface area (Å²) in [5.41, 5.74) is 9.01. The van der Waals surface area contributed by atoms with Crippen LogP contribution >= 0.6 is 0 Å². The molecule has 0 saturated heterocycles. The van der Waals surface area contributed by atoms with Gasteiger partial charge in [0.05, 0.1) is 4.90 Å². The van der Waals surface area contributed by atoms with Gasteiger partial charge in [-0.3, -0.25) is 4.79 Å². The lowest BCUT2D eigenvalue weighted by atomic mass is 9.90. The molecule has 1 aromatic carbocycles. The third-order valence-electron chi connectivity index (χ3n) is 3.79. The predicted molar refractivity (Wildman–Crippen MR) is 83.0 cm³/mol. The maximum absolute atomic E-state index is 12.3. The molecule has 0 spiro atoms. The number of hydrogen-bond donors (Lipinski definition) is 0. The number of hydrogen-bond acceptors (Lipinski definition) is 3. The molecule has 1 aromatic rings. The highest BCUT2D eigenvalue weighted by Crippen LogP contribution is 2.23. The Morgan fingerprint density at radius 2 is 1.95 bits per heavy atom. The van der Waals surface area contributed by atoms with E-state index in [1.165, 1.54) is 12.1 Å². The SMILES string of the molecule is [N-]=[N+]=C(C(=O)CCC1CC=CCC1)S(=O)(=O)c1ccccc1. The molecule has 0 amide bonds. The molecule has 22 heavy (non-hydrogen) atoms. The van der Waals surface area contributed by atoms with Crippen LogP contribution in [0, 0.1) is 5.92 Å². The van der Waals surface area contributed by atoms with Gasteiger partial charge in [-0.1, -0.05) is 30.4 Å². The molecule has 0 bridgehead atoms. The molecule has 1 unspecified atom stereocenters. The van der Waals surface area contributed by atoms with E-state index in [0.29, 0.717) is 12.3 Å². The molecule has 0 aliphatic heterocycles. The first-order valence-corrected chi connectivity index (χ1v) is 8.74. The molecule has 5 nitrogen and oxygen atoms in total. The number of rotatable bonds is 5. The van der Waals surface area contributed by atoms with Crippen LogP contribution in [0.5, 0.6) is 0 Å². The van der Waals surface area contributed by atoms with Crippen LogP contribution in [0.2, 0.25) is 0 Å². The molecule has 0 N–H and O–H groups in total. The van der Waals surface area contributed by atoms with E-state index < -0.39 is 20.7 Å². The van der Waals surface area contributed by atoms with E-state index in [9.17, 15) is 13.2 Å². The number of ketones is 1. The summed E-state index contributed by atoms with van der Waals surface area (Å²) in [5, 5.41) is -0.773. The van der Waals surface area contributed by atoms with E-state index in [4.69, 9.17) is 5.53 Å². The van der Waals surface area contributed by atoms with E-state index in [1.54, 1.807) is 18.2 Å². The van der Waals surface area contributed by atoms with Crippen molar-refractivity contribution in [2.24, 2.45) is 5.92 Å². The predicted octanol–water partition coefficient (Wildman–Crippen LogP) is 2.79. The Kier molecular flexibility index (Phi) is 5.41. The van der Waals surface area contributed by atoms with Crippen molar-refractivity contribution in [3.05, 3.63) is 48.0 Å². The average Bonchev–Trinajstić information content (AvgIpc) is 2.55. The number of nitrogens with zero attached hydrogens (tertiary/aromatic N) is 2. The Morgan fingerprint density at radius 1 is 1.23 bits per heavy atom. The smallest absolute Gasteiger partial charge is 0.360 e. The molecule has 1 aliphatic rings. The minimum atomic E-state index is -4.07. The van der Waals surface area contributed by atoms with Crippen LogP contribution in [0.25, 0.3) is 5.53 Å². The second-order valence-electron chi connectivity index (χ2n) is 5.33. The van der Waals surface area contributed by atoms with Crippen LogP contribution < -0.4 is 0 Å². The summed E-state index contributed by atoms with van der Waals surface area (Å²) >= 11 is 0. The van der Waals surface area contributed by atoms with E-state index in [2.05, 4.69) is 16.9 Å². The molecule has 0 saturated carbocycles. The summed E-state index contributed by atoms with van der Waals surface area (Å²) < 4.78 is 24.7. The quantitative estimate of drug-likeness (QED) is 0.275. The lowest BCUT2D eigenvalue weighted by Crippen LogP contribution is -2.26.